The molecule has 0 radical (unpaired) electrons. The van der Waals surface area contributed by atoms with Gasteiger partial charge in [-0.2, -0.15) is 0 Å². The van der Waals surface area contributed by atoms with Crippen LogP contribution in [0.2, 0.25) is 0 Å². The van der Waals surface area contributed by atoms with Gasteiger partial charge in [0.15, 0.2) is 0 Å². The van der Waals surface area contributed by atoms with Crippen molar-refractivity contribution in [2.45, 2.75) is 18.4 Å². The minimum atomic E-state index is -3.68. The Hall–Kier alpha value is -2.44. The summed E-state index contributed by atoms with van der Waals surface area (Å²) in [6, 6.07) is 11.4. The fraction of sp³-hybridized carbons (Fsp3) is 0.273. The van der Waals surface area contributed by atoms with Crippen molar-refractivity contribution in [1.29, 1.82) is 0 Å². The van der Waals surface area contributed by atoms with Crippen molar-refractivity contribution in [3.05, 3.63) is 60.1 Å². The molecule has 3 aromatic rings. The van der Waals surface area contributed by atoms with E-state index in [1.165, 1.54) is 26.2 Å². The van der Waals surface area contributed by atoms with Gasteiger partial charge in [-0.25, -0.2) is 30.4 Å². The Kier molecular flexibility index (Phi) is 7.73. The van der Waals surface area contributed by atoms with E-state index in [1.807, 2.05) is 0 Å². The van der Waals surface area contributed by atoms with Crippen molar-refractivity contribution < 1.29 is 21.2 Å². The summed E-state index contributed by atoms with van der Waals surface area (Å²) in [6.07, 6.45) is 2.37. The molecule has 0 atom stereocenters. The first-order valence-corrected chi connectivity index (χ1v) is 13.9. The molecule has 0 aliphatic heterocycles. The van der Waals surface area contributed by atoms with Crippen LogP contribution in [-0.2, 0) is 26.6 Å². The monoisotopic (exact) mass is 528 g/mol. The Labute approximate surface area is 204 Å². The first-order valence-electron chi connectivity index (χ1n) is 10.2. The molecule has 3 rings (SSSR count). The minimum absolute atomic E-state index is 0.0740. The predicted molar refractivity (Wildman–Crippen MR) is 134 cm³/mol. The maximum atomic E-state index is 14.6. The van der Waals surface area contributed by atoms with Gasteiger partial charge < -0.3 is 4.57 Å². The predicted octanol–water partition coefficient (Wildman–Crippen LogP) is 3.84. The van der Waals surface area contributed by atoms with Crippen molar-refractivity contribution >= 4 is 48.4 Å². The maximum absolute atomic E-state index is 14.6. The van der Waals surface area contributed by atoms with Crippen LogP contribution in [0.25, 0.3) is 22.0 Å². The van der Waals surface area contributed by atoms with Crippen LogP contribution in [0.4, 0.5) is 10.1 Å². The maximum Gasteiger partial charge on any atom is 0.242 e. The van der Waals surface area contributed by atoms with E-state index in [9.17, 15) is 21.2 Å². The summed E-state index contributed by atoms with van der Waals surface area (Å²) in [7, 11) is -4.30. The number of sulfonamides is 2. The molecule has 1 aromatic heterocycles. The Balaban J connectivity index is 2.28. The Morgan fingerprint density at radius 3 is 2.47 bits per heavy atom. The molecule has 0 fully saturated rings. The van der Waals surface area contributed by atoms with Crippen LogP contribution in [0.15, 0.2) is 59.3 Å². The second-order valence-corrected chi connectivity index (χ2v) is 12.1. The highest BCUT2D eigenvalue weighted by Crippen LogP contribution is 2.37. The lowest BCUT2D eigenvalue weighted by molar-refractivity contribution is 0.521. The van der Waals surface area contributed by atoms with Crippen LogP contribution in [0.5, 0.6) is 0 Å². The molecule has 0 unspecified atom stereocenters. The molecule has 184 valence electrons. The number of benzene rings is 2. The fourth-order valence-electron chi connectivity index (χ4n) is 3.72. The molecule has 2 N–H and O–H groups in total. The number of fused-ring (bicyclic) bond motifs is 1. The van der Waals surface area contributed by atoms with Crippen LogP contribution >= 0.6 is 11.8 Å². The van der Waals surface area contributed by atoms with E-state index in [0.29, 0.717) is 33.4 Å². The highest BCUT2D eigenvalue weighted by Gasteiger charge is 2.21. The van der Waals surface area contributed by atoms with Crippen molar-refractivity contribution in [3.63, 3.8) is 0 Å². The van der Waals surface area contributed by atoms with Gasteiger partial charge in [-0.05, 0) is 60.7 Å². The number of rotatable bonds is 9. The minimum Gasteiger partial charge on any atom is -0.337 e. The summed E-state index contributed by atoms with van der Waals surface area (Å²) in [4.78, 5) is 2.46. The average molecular weight is 529 g/mol. The Morgan fingerprint density at radius 2 is 1.85 bits per heavy atom. The van der Waals surface area contributed by atoms with E-state index in [1.54, 1.807) is 47.9 Å². The van der Waals surface area contributed by atoms with E-state index in [4.69, 9.17) is 11.8 Å². The van der Waals surface area contributed by atoms with Gasteiger partial charge in [0.2, 0.25) is 20.0 Å². The van der Waals surface area contributed by atoms with Gasteiger partial charge in [0, 0.05) is 48.5 Å². The van der Waals surface area contributed by atoms with Gasteiger partial charge in [-0.1, -0.05) is 12.1 Å². The SMILES string of the molecule is Cc1c(-c2cccc(S(=O)(=O)N(C)C)c2)c2cc(NS(C)(=O)=O)ccc2n1C/C(F)=C/CNCl. The van der Waals surface area contributed by atoms with Crippen molar-refractivity contribution in [2.75, 3.05) is 31.6 Å². The third-order valence-electron chi connectivity index (χ3n) is 5.24. The molecule has 34 heavy (non-hydrogen) atoms. The first-order chi connectivity index (χ1) is 15.8. The van der Waals surface area contributed by atoms with Gasteiger partial charge in [0.05, 0.1) is 17.7 Å². The molecular formula is C22H26ClFN4O4S2. The summed E-state index contributed by atoms with van der Waals surface area (Å²) in [6.45, 7) is 1.88. The number of hydrogen-bond acceptors (Lipinski definition) is 5. The second kappa shape index (κ2) is 10.0. The summed E-state index contributed by atoms with van der Waals surface area (Å²) < 4.78 is 68.8. The highest BCUT2D eigenvalue weighted by atomic mass is 35.5. The van der Waals surface area contributed by atoms with Gasteiger partial charge >= 0.3 is 0 Å². The van der Waals surface area contributed by atoms with Crippen LogP contribution in [0, 0.1) is 6.92 Å². The average Bonchev–Trinajstić information content (AvgIpc) is 3.01. The van der Waals surface area contributed by atoms with E-state index in [2.05, 4.69) is 9.56 Å². The van der Waals surface area contributed by atoms with Gasteiger partial charge in [0.1, 0.15) is 5.83 Å². The summed E-state index contributed by atoms with van der Waals surface area (Å²) in [5.74, 6) is -0.415. The molecule has 0 bridgehead atoms. The summed E-state index contributed by atoms with van der Waals surface area (Å²) >= 11 is 5.43. The fourth-order valence-corrected chi connectivity index (χ4v) is 5.30. The van der Waals surface area contributed by atoms with Crippen LogP contribution < -0.4 is 9.56 Å². The van der Waals surface area contributed by atoms with Gasteiger partial charge in [-0.3, -0.25) is 4.72 Å². The van der Waals surface area contributed by atoms with Crippen molar-refractivity contribution in [3.8, 4) is 11.1 Å². The lowest BCUT2D eigenvalue weighted by Gasteiger charge is -2.13. The lowest BCUT2D eigenvalue weighted by atomic mass is 10.0. The summed E-state index contributed by atoms with van der Waals surface area (Å²) in [5.41, 5.74) is 2.97. The molecule has 0 saturated heterocycles. The van der Waals surface area contributed by atoms with E-state index in [-0.39, 0.29) is 18.0 Å². The van der Waals surface area contributed by atoms with Crippen molar-refractivity contribution in [1.82, 2.24) is 13.7 Å². The first kappa shape index (κ1) is 26.2. The highest BCUT2D eigenvalue weighted by molar-refractivity contribution is 7.92. The molecule has 1 heterocycles. The Bertz CT molecular complexity index is 1470. The number of aromatic nitrogens is 1. The molecule has 0 aliphatic carbocycles. The molecule has 0 saturated carbocycles. The molecule has 12 heteroatoms. The number of allylic oxidation sites excluding steroid dienone is 1. The standard InChI is InChI=1S/C22H26ClFN4O4S2/c1-15-22(16-6-5-7-19(12-16)34(31,32)27(2)3)20-13-18(26-33(4,29)30)8-9-21(20)28(15)14-17(24)10-11-25-23/h5-10,12-13,25-26H,11,14H2,1-4H3/b17-10-. The molecule has 0 spiro atoms. The third kappa shape index (κ3) is 5.61. The van der Waals surface area contributed by atoms with Crippen LogP contribution in [0.1, 0.15) is 5.69 Å². The zero-order chi connectivity index (χ0) is 25.3. The second-order valence-electron chi connectivity index (χ2n) is 7.96. The number of halogens is 2. The van der Waals surface area contributed by atoms with E-state index >= 15 is 0 Å². The smallest absolute Gasteiger partial charge is 0.242 e. The molecule has 2 aromatic carbocycles. The lowest BCUT2D eigenvalue weighted by Crippen LogP contribution is -2.22. The van der Waals surface area contributed by atoms with Gasteiger partial charge in [0.25, 0.3) is 0 Å². The number of hydrogen-bond donors (Lipinski definition) is 2. The summed E-state index contributed by atoms with van der Waals surface area (Å²) in [5, 5.41) is 0.647. The van der Waals surface area contributed by atoms with Gasteiger partial charge in [-0.15, -0.1) is 0 Å². The molecule has 8 nitrogen and oxygen atoms in total. The molecule has 0 amide bonds. The topological polar surface area (TPSA) is 101 Å². The van der Waals surface area contributed by atoms with E-state index < -0.39 is 25.9 Å². The number of anilines is 1. The number of nitrogens with zero attached hydrogens (tertiary/aromatic N) is 2. The van der Waals surface area contributed by atoms with Crippen molar-refractivity contribution in [2.24, 2.45) is 0 Å². The van der Waals surface area contributed by atoms with Crippen LogP contribution in [-0.4, -0.2) is 52.6 Å². The normalized spacial score (nSPS) is 13.1. The quantitative estimate of drug-likeness (QED) is 0.411. The Morgan fingerprint density at radius 1 is 1.15 bits per heavy atom. The zero-order valence-electron chi connectivity index (χ0n) is 19.1. The molecular weight excluding hydrogens is 503 g/mol. The van der Waals surface area contributed by atoms with Crippen LogP contribution in [0.3, 0.4) is 0 Å². The molecule has 0 aliphatic rings. The van der Waals surface area contributed by atoms with E-state index in [0.717, 1.165) is 10.6 Å². The zero-order valence-corrected chi connectivity index (χ0v) is 21.5. The largest absolute Gasteiger partial charge is 0.337 e. The third-order valence-corrected chi connectivity index (χ3v) is 7.81. The number of nitrogens with one attached hydrogen (secondary N) is 2.